The number of carbonyl (C=O) groups is 1. The first-order chi connectivity index (χ1) is 11.0. The smallest absolute Gasteiger partial charge is 0.356 e. The van der Waals surface area contributed by atoms with Crippen LogP contribution in [-0.4, -0.2) is 22.7 Å². The molecule has 7 heteroatoms. The molecule has 0 bridgehead atoms. The third-order valence-electron chi connectivity index (χ3n) is 3.82. The van der Waals surface area contributed by atoms with E-state index in [4.69, 9.17) is 4.74 Å². The molecule has 1 aromatic heterocycles. The predicted molar refractivity (Wildman–Crippen MR) is 76.9 cm³/mol. The van der Waals surface area contributed by atoms with E-state index in [1.165, 1.54) is 16.8 Å². The van der Waals surface area contributed by atoms with E-state index < -0.39 is 11.7 Å². The summed E-state index contributed by atoms with van der Waals surface area (Å²) in [6.45, 7) is 0.610. The number of carbonyl (C=O) groups excluding carboxylic acids is 1. The van der Waals surface area contributed by atoms with Crippen LogP contribution in [0.15, 0.2) is 30.3 Å². The van der Waals surface area contributed by atoms with Crippen molar-refractivity contribution >= 4 is 6.29 Å². The van der Waals surface area contributed by atoms with Crippen LogP contribution in [0.1, 0.15) is 41.5 Å². The van der Waals surface area contributed by atoms with Gasteiger partial charge in [0.1, 0.15) is 5.69 Å². The fourth-order valence-corrected chi connectivity index (χ4v) is 2.62. The van der Waals surface area contributed by atoms with Crippen LogP contribution in [0.4, 0.5) is 13.2 Å². The lowest BCUT2D eigenvalue weighted by atomic mass is 10.1. The molecule has 1 fully saturated rings. The van der Waals surface area contributed by atoms with Gasteiger partial charge in [-0.25, -0.2) is 4.68 Å². The number of hydrogen-bond acceptors (Lipinski definition) is 3. The minimum atomic E-state index is -4.37. The monoisotopic (exact) mass is 324 g/mol. The third-order valence-corrected chi connectivity index (χ3v) is 3.82. The van der Waals surface area contributed by atoms with Gasteiger partial charge in [-0.1, -0.05) is 12.1 Å². The highest BCUT2D eigenvalue weighted by atomic mass is 19.4. The van der Waals surface area contributed by atoms with E-state index in [9.17, 15) is 18.0 Å². The highest BCUT2D eigenvalue weighted by molar-refractivity contribution is 5.76. The van der Waals surface area contributed by atoms with Gasteiger partial charge in [0.15, 0.2) is 12.5 Å². The fourth-order valence-electron chi connectivity index (χ4n) is 2.62. The van der Waals surface area contributed by atoms with Gasteiger partial charge in [-0.05, 0) is 37.5 Å². The van der Waals surface area contributed by atoms with E-state index in [2.05, 4.69) is 5.10 Å². The average Bonchev–Trinajstić information content (AvgIpc) is 2.99. The first kappa shape index (κ1) is 15.7. The largest absolute Gasteiger partial charge is 0.416 e. The quantitative estimate of drug-likeness (QED) is 0.799. The summed E-state index contributed by atoms with van der Waals surface area (Å²) in [7, 11) is 0. The van der Waals surface area contributed by atoms with Crippen molar-refractivity contribution in [3.8, 4) is 11.3 Å². The number of aldehydes is 1. The summed E-state index contributed by atoms with van der Waals surface area (Å²) in [4.78, 5) is 11.2. The Bertz CT molecular complexity index is 686. The molecule has 23 heavy (non-hydrogen) atoms. The Balaban J connectivity index is 1.91. The number of nitrogens with zero attached hydrogens (tertiary/aromatic N) is 2. The molecule has 122 valence electrons. The molecule has 1 saturated heterocycles. The number of benzene rings is 1. The molecule has 0 saturated carbocycles. The number of alkyl halides is 3. The van der Waals surface area contributed by atoms with Gasteiger partial charge in [-0.2, -0.15) is 18.3 Å². The Morgan fingerprint density at radius 1 is 1.22 bits per heavy atom. The van der Waals surface area contributed by atoms with Crippen LogP contribution in [0.25, 0.3) is 11.3 Å². The maximum Gasteiger partial charge on any atom is 0.416 e. The summed E-state index contributed by atoms with van der Waals surface area (Å²) < 4.78 is 44.9. The minimum Gasteiger partial charge on any atom is -0.356 e. The van der Waals surface area contributed by atoms with E-state index in [1.807, 2.05) is 0 Å². The lowest BCUT2D eigenvalue weighted by Gasteiger charge is -2.23. The van der Waals surface area contributed by atoms with Crippen molar-refractivity contribution < 1.29 is 22.7 Å². The van der Waals surface area contributed by atoms with Gasteiger partial charge in [0, 0.05) is 12.2 Å². The Kier molecular flexibility index (Phi) is 4.21. The molecule has 1 aliphatic rings. The first-order valence-electron chi connectivity index (χ1n) is 7.33. The molecule has 0 spiro atoms. The summed E-state index contributed by atoms with van der Waals surface area (Å²) in [6.07, 6.45) is -1.28. The Hall–Kier alpha value is -2.15. The second-order valence-electron chi connectivity index (χ2n) is 5.41. The van der Waals surface area contributed by atoms with Crippen molar-refractivity contribution in [2.75, 3.05) is 6.61 Å². The molecule has 1 aromatic carbocycles. The van der Waals surface area contributed by atoms with E-state index in [-0.39, 0.29) is 6.23 Å². The van der Waals surface area contributed by atoms with Gasteiger partial charge in [-0.15, -0.1) is 0 Å². The molecule has 0 N–H and O–H groups in total. The summed E-state index contributed by atoms with van der Waals surface area (Å²) in [5.74, 6) is 0. The van der Waals surface area contributed by atoms with E-state index >= 15 is 0 Å². The van der Waals surface area contributed by atoms with Gasteiger partial charge in [-0.3, -0.25) is 4.79 Å². The molecular weight excluding hydrogens is 309 g/mol. The number of aromatic nitrogens is 2. The normalized spacial score (nSPS) is 18.8. The van der Waals surface area contributed by atoms with Crippen LogP contribution in [0, 0.1) is 0 Å². The van der Waals surface area contributed by atoms with Crippen LogP contribution >= 0.6 is 0 Å². The van der Waals surface area contributed by atoms with Crippen molar-refractivity contribution in [3.63, 3.8) is 0 Å². The highest BCUT2D eigenvalue weighted by Gasteiger charge is 2.30. The SMILES string of the molecule is O=Cc1cc(-c2ccc(C(F)(F)F)cc2)nn1C1CCCCO1. The summed E-state index contributed by atoms with van der Waals surface area (Å²) in [5.41, 5.74) is 0.615. The van der Waals surface area contributed by atoms with Crippen molar-refractivity contribution in [1.82, 2.24) is 9.78 Å². The van der Waals surface area contributed by atoms with Crippen LogP contribution in [0.3, 0.4) is 0 Å². The average molecular weight is 324 g/mol. The van der Waals surface area contributed by atoms with E-state index in [0.29, 0.717) is 29.8 Å². The maximum absolute atomic E-state index is 12.6. The van der Waals surface area contributed by atoms with Gasteiger partial charge in [0.25, 0.3) is 0 Å². The van der Waals surface area contributed by atoms with Crippen molar-refractivity contribution in [3.05, 3.63) is 41.6 Å². The summed E-state index contributed by atoms with van der Waals surface area (Å²) >= 11 is 0. The van der Waals surface area contributed by atoms with Gasteiger partial charge < -0.3 is 4.74 Å². The molecule has 1 atom stereocenters. The summed E-state index contributed by atoms with van der Waals surface area (Å²) in [6, 6.07) is 6.28. The Morgan fingerprint density at radius 3 is 2.52 bits per heavy atom. The number of ether oxygens (including phenoxy) is 1. The zero-order valence-electron chi connectivity index (χ0n) is 12.2. The van der Waals surface area contributed by atoms with Crippen molar-refractivity contribution in [2.45, 2.75) is 31.7 Å². The summed E-state index contributed by atoms with van der Waals surface area (Å²) in [5, 5.41) is 4.35. The first-order valence-corrected chi connectivity index (χ1v) is 7.33. The molecule has 0 aliphatic carbocycles. The number of rotatable bonds is 3. The predicted octanol–water partition coefficient (Wildman–Crippen LogP) is 4.08. The standard InChI is InChI=1S/C16H15F3N2O2/c17-16(18,19)12-6-4-11(5-7-12)14-9-13(10-22)21(20-14)15-3-1-2-8-23-15/h4-7,9-10,15H,1-3,8H2. The van der Waals surface area contributed by atoms with Crippen LogP contribution in [-0.2, 0) is 10.9 Å². The zero-order chi connectivity index (χ0) is 16.4. The molecule has 1 aliphatic heterocycles. The molecule has 1 unspecified atom stereocenters. The Labute approximate surface area is 130 Å². The minimum absolute atomic E-state index is 0.299. The fraction of sp³-hybridized carbons (Fsp3) is 0.375. The van der Waals surface area contributed by atoms with Gasteiger partial charge in [0.2, 0.25) is 0 Å². The molecule has 0 radical (unpaired) electrons. The molecule has 4 nitrogen and oxygen atoms in total. The van der Waals surface area contributed by atoms with Crippen molar-refractivity contribution in [1.29, 1.82) is 0 Å². The molecule has 3 rings (SSSR count). The van der Waals surface area contributed by atoms with Crippen LogP contribution < -0.4 is 0 Å². The van der Waals surface area contributed by atoms with Crippen molar-refractivity contribution in [2.24, 2.45) is 0 Å². The maximum atomic E-state index is 12.6. The number of halogens is 3. The van der Waals surface area contributed by atoms with E-state index in [1.54, 1.807) is 6.07 Å². The third kappa shape index (κ3) is 3.29. The molecule has 2 aromatic rings. The molecule has 0 amide bonds. The van der Waals surface area contributed by atoms with E-state index in [0.717, 1.165) is 31.4 Å². The second-order valence-corrected chi connectivity index (χ2v) is 5.41. The second kappa shape index (κ2) is 6.16. The van der Waals surface area contributed by atoms with Gasteiger partial charge >= 0.3 is 6.18 Å². The van der Waals surface area contributed by atoms with Crippen LogP contribution in [0.2, 0.25) is 0 Å². The molecular formula is C16H15F3N2O2. The molecule has 2 heterocycles. The van der Waals surface area contributed by atoms with Crippen LogP contribution in [0.5, 0.6) is 0 Å². The number of hydrogen-bond donors (Lipinski definition) is 0. The lowest BCUT2D eigenvalue weighted by molar-refractivity contribution is -0.137. The Morgan fingerprint density at radius 2 is 1.96 bits per heavy atom. The highest BCUT2D eigenvalue weighted by Crippen LogP contribution is 2.31. The lowest BCUT2D eigenvalue weighted by Crippen LogP contribution is -2.20. The van der Waals surface area contributed by atoms with Gasteiger partial charge in [0.05, 0.1) is 11.3 Å². The zero-order valence-corrected chi connectivity index (χ0v) is 12.2. The topological polar surface area (TPSA) is 44.1 Å².